The molecule has 1 fully saturated rings. The molecule has 1 aromatic rings. The fourth-order valence-corrected chi connectivity index (χ4v) is 2.53. The van der Waals surface area contributed by atoms with Crippen LogP contribution in [0.3, 0.4) is 0 Å². The minimum Gasteiger partial charge on any atom is -0.491 e. The van der Waals surface area contributed by atoms with E-state index in [2.05, 4.69) is 25.2 Å². The summed E-state index contributed by atoms with van der Waals surface area (Å²) in [6, 6.07) is 8.57. The van der Waals surface area contributed by atoms with E-state index in [0.717, 1.165) is 18.1 Å². The van der Waals surface area contributed by atoms with Crippen LogP contribution in [0.25, 0.3) is 0 Å². The number of rotatable bonds is 8. The molecule has 3 nitrogen and oxygen atoms in total. The van der Waals surface area contributed by atoms with Crippen molar-refractivity contribution < 1.29 is 9.84 Å². The van der Waals surface area contributed by atoms with Crippen LogP contribution in [0.15, 0.2) is 24.3 Å². The maximum atomic E-state index is 9.97. The van der Waals surface area contributed by atoms with Gasteiger partial charge in [-0.2, -0.15) is 0 Å². The first-order valence-electron chi connectivity index (χ1n) is 7.82. The second kappa shape index (κ2) is 7.65. The van der Waals surface area contributed by atoms with Crippen LogP contribution in [-0.4, -0.2) is 30.4 Å². The van der Waals surface area contributed by atoms with E-state index in [0.29, 0.717) is 19.2 Å². The Bertz CT molecular complexity index is 404. The van der Waals surface area contributed by atoms with E-state index in [4.69, 9.17) is 4.74 Å². The predicted molar refractivity (Wildman–Crippen MR) is 82.1 cm³/mol. The molecule has 1 saturated carbocycles. The van der Waals surface area contributed by atoms with Crippen LogP contribution in [0.4, 0.5) is 0 Å². The van der Waals surface area contributed by atoms with Crippen molar-refractivity contribution in [3.05, 3.63) is 29.8 Å². The number of nitrogens with one attached hydrogen (secondary N) is 1. The first kappa shape index (κ1) is 15.3. The van der Waals surface area contributed by atoms with Crippen molar-refractivity contribution in [1.29, 1.82) is 0 Å². The zero-order chi connectivity index (χ0) is 14.4. The zero-order valence-electron chi connectivity index (χ0n) is 12.6. The summed E-state index contributed by atoms with van der Waals surface area (Å²) in [6.07, 6.45) is 4.55. The Hall–Kier alpha value is -1.06. The van der Waals surface area contributed by atoms with Crippen LogP contribution in [0.1, 0.15) is 38.7 Å². The maximum Gasteiger partial charge on any atom is 0.119 e. The van der Waals surface area contributed by atoms with Gasteiger partial charge in [-0.25, -0.2) is 0 Å². The van der Waals surface area contributed by atoms with Gasteiger partial charge in [0.1, 0.15) is 18.5 Å². The van der Waals surface area contributed by atoms with Gasteiger partial charge in [-0.05, 0) is 49.8 Å². The molecule has 0 radical (unpaired) electrons. The summed E-state index contributed by atoms with van der Waals surface area (Å²) in [5, 5.41) is 13.4. The van der Waals surface area contributed by atoms with Crippen LogP contribution >= 0.6 is 0 Å². The molecule has 0 bridgehead atoms. The summed E-state index contributed by atoms with van der Waals surface area (Å²) in [4.78, 5) is 0. The molecule has 1 aliphatic carbocycles. The lowest BCUT2D eigenvalue weighted by atomic mass is 9.80. The van der Waals surface area contributed by atoms with E-state index >= 15 is 0 Å². The largest absolute Gasteiger partial charge is 0.491 e. The second-order valence-electron chi connectivity index (χ2n) is 5.85. The van der Waals surface area contributed by atoms with Crippen molar-refractivity contribution in [2.45, 2.75) is 51.7 Å². The summed E-state index contributed by atoms with van der Waals surface area (Å²) in [6.45, 7) is 5.28. The molecule has 0 saturated heterocycles. The number of hydrogen-bond donors (Lipinski definition) is 2. The Morgan fingerprint density at radius 3 is 2.85 bits per heavy atom. The lowest BCUT2D eigenvalue weighted by Gasteiger charge is -2.32. The molecule has 2 N–H and O–H groups in total. The maximum absolute atomic E-state index is 9.97. The SMILES string of the molecule is CCc1cccc(OCC(O)CNC(C)C2CCC2)c1. The number of benzene rings is 1. The third-order valence-corrected chi connectivity index (χ3v) is 4.28. The van der Waals surface area contributed by atoms with E-state index < -0.39 is 6.10 Å². The summed E-state index contributed by atoms with van der Waals surface area (Å²) >= 11 is 0. The lowest BCUT2D eigenvalue weighted by Crippen LogP contribution is -2.42. The molecule has 0 heterocycles. The van der Waals surface area contributed by atoms with Gasteiger partial charge in [0.2, 0.25) is 0 Å². The van der Waals surface area contributed by atoms with Gasteiger partial charge in [0.05, 0.1) is 0 Å². The molecule has 2 unspecified atom stereocenters. The van der Waals surface area contributed by atoms with Crippen LogP contribution in [0.5, 0.6) is 5.75 Å². The van der Waals surface area contributed by atoms with E-state index in [-0.39, 0.29) is 0 Å². The van der Waals surface area contributed by atoms with Crippen molar-refractivity contribution in [2.24, 2.45) is 5.92 Å². The van der Waals surface area contributed by atoms with Crippen molar-refractivity contribution in [1.82, 2.24) is 5.32 Å². The number of aliphatic hydroxyl groups is 1. The Kier molecular flexibility index (Phi) is 5.86. The Morgan fingerprint density at radius 1 is 1.40 bits per heavy atom. The molecular weight excluding hydrogens is 250 g/mol. The first-order chi connectivity index (χ1) is 9.69. The Labute approximate surface area is 122 Å². The average molecular weight is 277 g/mol. The van der Waals surface area contributed by atoms with Crippen LogP contribution < -0.4 is 10.1 Å². The van der Waals surface area contributed by atoms with Crippen molar-refractivity contribution in [3.63, 3.8) is 0 Å². The summed E-state index contributed by atoms with van der Waals surface area (Å²) in [5.41, 5.74) is 1.26. The third-order valence-electron chi connectivity index (χ3n) is 4.28. The molecule has 0 aliphatic heterocycles. The smallest absolute Gasteiger partial charge is 0.119 e. The van der Waals surface area contributed by atoms with Gasteiger partial charge < -0.3 is 15.2 Å². The van der Waals surface area contributed by atoms with E-state index in [9.17, 15) is 5.11 Å². The van der Waals surface area contributed by atoms with Crippen LogP contribution in [0.2, 0.25) is 0 Å². The molecule has 1 aromatic carbocycles. The highest BCUT2D eigenvalue weighted by molar-refractivity contribution is 5.28. The highest BCUT2D eigenvalue weighted by Crippen LogP contribution is 2.29. The second-order valence-corrected chi connectivity index (χ2v) is 5.85. The monoisotopic (exact) mass is 277 g/mol. The van der Waals surface area contributed by atoms with Crippen molar-refractivity contribution in [2.75, 3.05) is 13.2 Å². The van der Waals surface area contributed by atoms with E-state index in [1.165, 1.54) is 24.8 Å². The molecule has 20 heavy (non-hydrogen) atoms. The van der Waals surface area contributed by atoms with E-state index in [1.54, 1.807) is 0 Å². The van der Waals surface area contributed by atoms with Crippen LogP contribution in [0, 0.1) is 5.92 Å². The standard InChI is InChI=1S/C17H27NO2/c1-3-14-6-4-9-17(10-14)20-12-16(19)11-18-13(2)15-7-5-8-15/h4,6,9-10,13,15-16,18-19H,3,5,7-8,11-12H2,1-2H3. The lowest BCUT2D eigenvalue weighted by molar-refractivity contribution is 0.0981. The van der Waals surface area contributed by atoms with Gasteiger partial charge in [0, 0.05) is 12.6 Å². The number of hydrogen-bond acceptors (Lipinski definition) is 3. The summed E-state index contributed by atoms with van der Waals surface area (Å²) in [7, 11) is 0. The molecule has 0 amide bonds. The highest BCUT2D eigenvalue weighted by atomic mass is 16.5. The van der Waals surface area contributed by atoms with Gasteiger partial charge in [-0.15, -0.1) is 0 Å². The van der Waals surface area contributed by atoms with Gasteiger partial charge in [0.25, 0.3) is 0 Å². The minimum absolute atomic E-state index is 0.345. The number of aliphatic hydroxyl groups excluding tert-OH is 1. The summed E-state index contributed by atoms with van der Waals surface area (Å²) in [5.74, 6) is 1.64. The Balaban J connectivity index is 1.67. The average Bonchev–Trinajstić information content (AvgIpc) is 2.41. The van der Waals surface area contributed by atoms with E-state index in [1.807, 2.05) is 18.2 Å². The number of aryl methyl sites for hydroxylation is 1. The molecule has 1 aliphatic rings. The van der Waals surface area contributed by atoms with Crippen LogP contribution in [-0.2, 0) is 6.42 Å². The predicted octanol–water partition coefficient (Wildman–Crippen LogP) is 2.77. The van der Waals surface area contributed by atoms with Gasteiger partial charge in [0.15, 0.2) is 0 Å². The molecule has 0 spiro atoms. The fourth-order valence-electron chi connectivity index (χ4n) is 2.53. The topological polar surface area (TPSA) is 41.5 Å². The fraction of sp³-hybridized carbons (Fsp3) is 0.647. The minimum atomic E-state index is -0.456. The quantitative estimate of drug-likeness (QED) is 0.768. The Morgan fingerprint density at radius 2 is 2.20 bits per heavy atom. The van der Waals surface area contributed by atoms with Crippen molar-refractivity contribution in [3.8, 4) is 5.75 Å². The molecule has 0 aromatic heterocycles. The van der Waals surface area contributed by atoms with Crippen molar-refractivity contribution >= 4 is 0 Å². The normalized spacial score (nSPS) is 18.4. The summed E-state index contributed by atoms with van der Waals surface area (Å²) < 4.78 is 5.65. The zero-order valence-corrected chi connectivity index (χ0v) is 12.6. The van der Waals surface area contributed by atoms with Gasteiger partial charge >= 0.3 is 0 Å². The molecule has 2 atom stereocenters. The third kappa shape index (κ3) is 4.50. The number of ether oxygens (including phenoxy) is 1. The van der Waals surface area contributed by atoms with Gasteiger partial charge in [-0.1, -0.05) is 25.5 Å². The molecule has 3 heteroatoms. The van der Waals surface area contributed by atoms with Gasteiger partial charge in [-0.3, -0.25) is 0 Å². The highest BCUT2D eigenvalue weighted by Gasteiger charge is 2.23. The first-order valence-corrected chi connectivity index (χ1v) is 7.82. The molecule has 2 rings (SSSR count). The molecular formula is C17H27NO2. The molecule has 112 valence electrons.